The monoisotopic (exact) mass is 432 g/mol. The van der Waals surface area contributed by atoms with E-state index in [0.717, 1.165) is 16.7 Å². The fourth-order valence-corrected chi connectivity index (χ4v) is 4.05. The molecule has 0 aliphatic rings. The zero-order chi connectivity index (χ0) is 21.6. The van der Waals surface area contributed by atoms with Crippen molar-refractivity contribution in [3.8, 4) is 0 Å². The Morgan fingerprint density at radius 3 is 2.32 bits per heavy atom. The second kappa shape index (κ2) is 9.66. The first-order chi connectivity index (χ1) is 15.1. The van der Waals surface area contributed by atoms with Gasteiger partial charge in [0.05, 0.1) is 0 Å². The standard InChI is InChI=1S/C24H21FN4OS/c1-17-2-4-18(5-3-17)13-29-14-21(10-20-11-26-16-27-12-20)23(30)28-24(29)31-15-19-6-8-22(25)9-7-19/h2-9,11-12,14,16H,10,13,15H2,1H3. The zero-order valence-electron chi connectivity index (χ0n) is 17.0. The van der Waals surface area contributed by atoms with Gasteiger partial charge in [-0.2, -0.15) is 4.98 Å². The summed E-state index contributed by atoms with van der Waals surface area (Å²) >= 11 is 1.46. The third-order valence-electron chi connectivity index (χ3n) is 4.79. The van der Waals surface area contributed by atoms with Gasteiger partial charge in [-0.3, -0.25) is 4.79 Å². The molecule has 0 saturated carbocycles. The van der Waals surface area contributed by atoms with Crippen molar-refractivity contribution in [2.24, 2.45) is 0 Å². The molecule has 0 amide bonds. The highest BCUT2D eigenvalue weighted by atomic mass is 32.2. The maximum atomic E-state index is 13.2. The molecule has 0 bridgehead atoms. The highest BCUT2D eigenvalue weighted by Crippen LogP contribution is 2.22. The van der Waals surface area contributed by atoms with Crippen molar-refractivity contribution < 1.29 is 4.39 Å². The lowest BCUT2D eigenvalue weighted by atomic mass is 10.1. The fourth-order valence-electron chi connectivity index (χ4n) is 3.13. The van der Waals surface area contributed by atoms with Crippen LogP contribution in [0.25, 0.3) is 0 Å². The maximum absolute atomic E-state index is 13.2. The topological polar surface area (TPSA) is 60.7 Å². The van der Waals surface area contributed by atoms with Gasteiger partial charge >= 0.3 is 0 Å². The van der Waals surface area contributed by atoms with Crippen molar-refractivity contribution >= 4 is 11.8 Å². The minimum Gasteiger partial charge on any atom is -0.323 e. The lowest BCUT2D eigenvalue weighted by Gasteiger charge is -2.14. The van der Waals surface area contributed by atoms with Crippen LogP contribution in [0, 0.1) is 12.7 Å². The van der Waals surface area contributed by atoms with Crippen LogP contribution in [0.2, 0.25) is 0 Å². The number of nitrogens with zero attached hydrogens (tertiary/aromatic N) is 4. The molecule has 0 radical (unpaired) electrons. The first-order valence-corrected chi connectivity index (χ1v) is 10.8. The van der Waals surface area contributed by atoms with E-state index < -0.39 is 0 Å². The van der Waals surface area contributed by atoms with Crippen LogP contribution >= 0.6 is 11.8 Å². The largest absolute Gasteiger partial charge is 0.323 e. The highest BCUT2D eigenvalue weighted by Gasteiger charge is 2.11. The number of rotatable bonds is 7. The molecule has 0 N–H and O–H groups in total. The van der Waals surface area contributed by atoms with Crippen LogP contribution in [-0.2, 0) is 18.7 Å². The molecule has 0 aliphatic carbocycles. The van der Waals surface area contributed by atoms with E-state index in [1.807, 2.05) is 10.8 Å². The number of thioether (sulfide) groups is 1. The molecule has 2 aromatic carbocycles. The molecule has 0 atom stereocenters. The minimum atomic E-state index is -0.266. The summed E-state index contributed by atoms with van der Waals surface area (Å²) in [7, 11) is 0. The summed E-state index contributed by atoms with van der Waals surface area (Å²) in [6.07, 6.45) is 7.16. The Hall–Kier alpha value is -3.32. The van der Waals surface area contributed by atoms with Gasteiger partial charge in [0.2, 0.25) is 0 Å². The second-order valence-corrected chi connectivity index (χ2v) is 8.25. The summed E-state index contributed by atoms with van der Waals surface area (Å²) < 4.78 is 15.2. The van der Waals surface area contributed by atoms with Gasteiger partial charge in [0.1, 0.15) is 12.1 Å². The van der Waals surface area contributed by atoms with Gasteiger partial charge < -0.3 is 4.57 Å². The molecule has 2 heterocycles. The molecule has 156 valence electrons. The molecule has 5 nitrogen and oxygen atoms in total. The molecule has 0 saturated heterocycles. The fraction of sp³-hybridized carbons (Fsp3) is 0.167. The summed E-state index contributed by atoms with van der Waals surface area (Å²) in [6.45, 7) is 2.65. The molecular formula is C24H21FN4OS. The number of halogens is 1. The van der Waals surface area contributed by atoms with Crippen molar-refractivity contribution in [3.05, 3.63) is 117 Å². The average Bonchev–Trinajstić information content (AvgIpc) is 2.78. The van der Waals surface area contributed by atoms with Crippen molar-refractivity contribution in [2.75, 3.05) is 0 Å². The number of hydrogen-bond donors (Lipinski definition) is 0. The highest BCUT2D eigenvalue weighted by molar-refractivity contribution is 7.98. The van der Waals surface area contributed by atoms with E-state index in [1.165, 1.54) is 35.8 Å². The number of aryl methyl sites for hydroxylation is 1. The molecule has 0 unspecified atom stereocenters. The van der Waals surface area contributed by atoms with Gasteiger partial charge in [-0.25, -0.2) is 14.4 Å². The van der Waals surface area contributed by atoms with Crippen molar-refractivity contribution in [1.29, 1.82) is 0 Å². The molecule has 31 heavy (non-hydrogen) atoms. The van der Waals surface area contributed by atoms with Gasteiger partial charge in [-0.05, 0) is 35.7 Å². The number of aromatic nitrogens is 4. The summed E-state index contributed by atoms with van der Waals surface area (Å²) in [5, 5.41) is 0.628. The molecule has 0 aliphatic heterocycles. The SMILES string of the molecule is Cc1ccc(Cn2cc(Cc3cncnc3)c(=O)nc2SCc2ccc(F)cc2)cc1. The van der Waals surface area contributed by atoms with Crippen LogP contribution in [-0.4, -0.2) is 19.5 Å². The Kier molecular flexibility index (Phi) is 6.52. The molecule has 2 aromatic heterocycles. The van der Waals surface area contributed by atoms with Crippen LogP contribution in [0.4, 0.5) is 4.39 Å². The first-order valence-electron chi connectivity index (χ1n) is 9.84. The van der Waals surface area contributed by atoms with Gasteiger partial charge in [0.25, 0.3) is 5.56 Å². The molecule has 0 spiro atoms. The summed E-state index contributed by atoms with van der Waals surface area (Å²) in [4.78, 5) is 25.1. The van der Waals surface area contributed by atoms with Crippen LogP contribution in [0.1, 0.15) is 27.8 Å². The zero-order valence-corrected chi connectivity index (χ0v) is 17.8. The van der Waals surface area contributed by atoms with E-state index in [4.69, 9.17) is 0 Å². The first kappa shape index (κ1) is 20.9. The van der Waals surface area contributed by atoms with Crippen molar-refractivity contribution in [2.45, 2.75) is 30.8 Å². The van der Waals surface area contributed by atoms with Crippen LogP contribution < -0.4 is 5.56 Å². The van der Waals surface area contributed by atoms with Crippen LogP contribution in [0.3, 0.4) is 0 Å². The smallest absolute Gasteiger partial charge is 0.277 e. The Bertz CT molecular complexity index is 1210. The quantitative estimate of drug-likeness (QED) is 0.320. The summed E-state index contributed by atoms with van der Waals surface area (Å²) in [5.41, 5.74) is 4.47. The van der Waals surface area contributed by atoms with E-state index in [9.17, 15) is 9.18 Å². The molecular weight excluding hydrogens is 411 g/mol. The molecule has 7 heteroatoms. The summed E-state index contributed by atoms with van der Waals surface area (Å²) in [6, 6.07) is 14.7. The van der Waals surface area contributed by atoms with Gasteiger partial charge in [0, 0.05) is 42.9 Å². The average molecular weight is 433 g/mol. The Labute approximate surface area is 184 Å². The predicted octanol–water partition coefficient (Wildman–Crippen LogP) is 4.41. The van der Waals surface area contributed by atoms with Crippen molar-refractivity contribution in [1.82, 2.24) is 19.5 Å². The Balaban J connectivity index is 1.64. The van der Waals surface area contributed by atoms with E-state index in [-0.39, 0.29) is 11.4 Å². The number of hydrogen-bond acceptors (Lipinski definition) is 5. The lowest BCUT2D eigenvalue weighted by molar-refractivity contribution is 0.627. The van der Waals surface area contributed by atoms with E-state index in [2.05, 4.69) is 46.1 Å². The van der Waals surface area contributed by atoms with Gasteiger partial charge in [-0.15, -0.1) is 0 Å². The lowest BCUT2D eigenvalue weighted by Crippen LogP contribution is -2.20. The van der Waals surface area contributed by atoms with Crippen LogP contribution in [0.15, 0.2) is 83.4 Å². The number of benzene rings is 2. The third-order valence-corrected chi connectivity index (χ3v) is 5.85. The maximum Gasteiger partial charge on any atom is 0.277 e. The molecule has 4 aromatic rings. The van der Waals surface area contributed by atoms with E-state index >= 15 is 0 Å². The van der Waals surface area contributed by atoms with E-state index in [1.54, 1.807) is 24.5 Å². The van der Waals surface area contributed by atoms with Crippen molar-refractivity contribution in [3.63, 3.8) is 0 Å². The van der Waals surface area contributed by atoms with Gasteiger partial charge in [-0.1, -0.05) is 53.7 Å². The second-order valence-electron chi connectivity index (χ2n) is 7.31. The Morgan fingerprint density at radius 2 is 1.61 bits per heavy atom. The van der Waals surface area contributed by atoms with E-state index in [0.29, 0.717) is 29.4 Å². The van der Waals surface area contributed by atoms with Gasteiger partial charge in [0.15, 0.2) is 5.16 Å². The molecule has 0 fully saturated rings. The predicted molar refractivity (Wildman–Crippen MR) is 120 cm³/mol. The minimum absolute atomic E-state index is 0.259. The Morgan fingerprint density at radius 1 is 0.935 bits per heavy atom. The molecule has 4 rings (SSSR count). The normalized spacial score (nSPS) is 10.9. The van der Waals surface area contributed by atoms with Crippen LogP contribution in [0.5, 0.6) is 0 Å². The summed E-state index contributed by atoms with van der Waals surface area (Å²) in [5.74, 6) is 0.323. The third kappa shape index (κ3) is 5.64.